The van der Waals surface area contributed by atoms with E-state index in [4.69, 9.17) is 9.63 Å². The van der Waals surface area contributed by atoms with Gasteiger partial charge in [-0.3, -0.25) is 4.79 Å². The molecule has 0 spiro atoms. The average Bonchev–Trinajstić information content (AvgIpc) is 3.08. The molecule has 1 aliphatic heterocycles. The minimum Gasteiger partial charge on any atom is -0.480 e. The summed E-state index contributed by atoms with van der Waals surface area (Å²) >= 11 is 0. The van der Waals surface area contributed by atoms with E-state index in [9.17, 15) is 9.59 Å². The SMILES string of the molecule is CCCC(NC(=O)c1noc(C2CCCN2)n1)C(=O)O. The van der Waals surface area contributed by atoms with E-state index in [1.807, 2.05) is 6.92 Å². The molecular weight excluding hydrogens is 264 g/mol. The van der Waals surface area contributed by atoms with Crippen LogP contribution in [0.3, 0.4) is 0 Å². The third kappa shape index (κ3) is 3.32. The largest absolute Gasteiger partial charge is 0.480 e. The first-order valence-electron chi connectivity index (χ1n) is 6.72. The third-order valence-electron chi connectivity index (χ3n) is 3.18. The molecular formula is C12H18N4O4. The van der Waals surface area contributed by atoms with Gasteiger partial charge in [0.25, 0.3) is 11.7 Å². The Morgan fingerprint density at radius 3 is 3.00 bits per heavy atom. The van der Waals surface area contributed by atoms with Crippen LogP contribution in [0.5, 0.6) is 0 Å². The Kier molecular flexibility index (Phi) is 4.67. The van der Waals surface area contributed by atoms with Crippen molar-refractivity contribution in [3.05, 3.63) is 11.7 Å². The van der Waals surface area contributed by atoms with Gasteiger partial charge in [-0.2, -0.15) is 4.98 Å². The first-order valence-corrected chi connectivity index (χ1v) is 6.72. The zero-order valence-electron chi connectivity index (χ0n) is 11.3. The highest BCUT2D eigenvalue weighted by atomic mass is 16.5. The number of carboxylic acids is 1. The number of nitrogens with one attached hydrogen (secondary N) is 2. The predicted octanol–water partition coefficient (Wildman–Crippen LogP) is 0.477. The quantitative estimate of drug-likeness (QED) is 0.694. The molecule has 1 aromatic heterocycles. The molecule has 3 N–H and O–H groups in total. The summed E-state index contributed by atoms with van der Waals surface area (Å²) in [5, 5.41) is 18.2. The Balaban J connectivity index is 1.99. The number of nitrogens with zero attached hydrogens (tertiary/aromatic N) is 2. The zero-order chi connectivity index (χ0) is 14.5. The summed E-state index contributed by atoms with van der Waals surface area (Å²) in [5.74, 6) is -1.45. The van der Waals surface area contributed by atoms with E-state index in [0.717, 1.165) is 19.4 Å². The Morgan fingerprint density at radius 1 is 1.60 bits per heavy atom. The molecule has 2 rings (SSSR count). The molecule has 8 heteroatoms. The van der Waals surface area contributed by atoms with Crippen molar-refractivity contribution in [1.29, 1.82) is 0 Å². The van der Waals surface area contributed by atoms with Gasteiger partial charge in [-0.15, -0.1) is 0 Å². The number of carbonyl (C=O) groups excluding carboxylic acids is 1. The van der Waals surface area contributed by atoms with Crippen molar-refractivity contribution >= 4 is 11.9 Å². The molecule has 110 valence electrons. The summed E-state index contributed by atoms with van der Waals surface area (Å²) in [6.07, 6.45) is 2.92. The second-order valence-corrected chi connectivity index (χ2v) is 4.76. The van der Waals surface area contributed by atoms with Crippen molar-refractivity contribution in [3.63, 3.8) is 0 Å². The van der Waals surface area contributed by atoms with E-state index in [-0.39, 0.29) is 11.9 Å². The molecule has 1 aromatic rings. The molecule has 2 unspecified atom stereocenters. The van der Waals surface area contributed by atoms with Crippen LogP contribution in [-0.4, -0.2) is 39.7 Å². The molecule has 1 fully saturated rings. The van der Waals surface area contributed by atoms with Crippen LogP contribution in [0.1, 0.15) is 55.2 Å². The number of aliphatic carboxylic acids is 1. The van der Waals surface area contributed by atoms with E-state index >= 15 is 0 Å². The van der Waals surface area contributed by atoms with Gasteiger partial charge in [0, 0.05) is 0 Å². The van der Waals surface area contributed by atoms with Crippen molar-refractivity contribution in [2.75, 3.05) is 6.54 Å². The minimum absolute atomic E-state index is 0.0186. The number of aromatic nitrogens is 2. The fourth-order valence-electron chi connectivity index (χ4n) is 2.13. The van der Waals surface area contributed by atoms with Gasteiger partial charge < -0.3 is 20.3 Å². The summed E-state index contributed by atoms with van der Waals surface area (Å²) in [6.45, 7) is 2.73. The van der Waals surface area contributed by atoms with E-state index in [0.29, 0.717) is 18.7 Å². The lowest BCUT2D eigenvalue weighted by molar-refractivity contribution is -0.139. The summed E-state index contributed by atoms with van der Waals surface area (Å²) in [4.78, 5) is 26.9. The molecule has 0 radical (unpaired) electrons. The lowest BCUT2D eigenvalue weighted by Crippen LogP contribution is -2.41. The van der Waals surface area contributed by atoms with Crippen LogP contribution in [0.15, 0.2) is 4.52 Å². The second kappa shape index (κ2) is 6.47. The van der Waals surface area contributed by atoms with Crippen LogP contribution < -0.4 is 10.6 Å². The molecule has 0 aromatic carbocycles. The van der Waals surface area contributed by atoms with Gasteiger partial charge >= 0.3 is 5.97 Å². The smallest absolute Gasteiger partial charge is 0.326 e. The monoisotopic (exact) mass is 282 g/mol. The van der Waals surface area contributed by atoms with Crippen LogP contribution in [0.4, 0.5) is 0 Å². The number of hydrogen-bond acceptors (Lipinski definition) is 6. The lowest BCUT2D eigenvalue weighted by Gasteiger charge is -2.11. The van der Waals surface area contributed by atoms with Crippen molar-refractivity contribution in [2.24, 2.45) is 0 Å². The van der Waals surface area contributed by atoms with Gasteiger partial charge in [0.2, 0.25) is 5.89 Å². The number of carbonyl (C=O) groups is 2. The second-order valence-electron chi connectivity index (χ2n) is 4.76. The van der Waals surface area contributed by atoms with E-state index in [2.05, 4.69) is 20.8 Å². The molecule has 1 saturated heterocycles. The molecule has 2 atom stereocenters. The maximum atomic E-state index is 11.9. The zero-order valence-corrected chi connectivity index (χ0v) is 11.3. The van der Waals surface area contributed by atoms with Crippen LogP contribution in [0.25, 0.3) is 0 Å². The van der Waals surface area contributed by atoms with Gasteiger partial charge in [0.05, 0.1) is 6.04 Å². The minimum atomic E-state index is -1.07. The van der Waals surface area contributed by atoms with Crippen LogP contribution in [0, 0.1) is 0 Å². The first-order chi connectivity index (χ1) is 9.61. The Morgan fingerprint density at radius 2 is 2.40 bits per heavy atom. The van der Waals surface area contributed by atoms with Gasteiger partial charge in [-0.05, 0) is 25.8 Å². The highest BCUT2D eigenvalue weighted by Crippen LogP contribution is 2.20. The first kappa shape index (κ1) is 14.4. The van der Waals surface area contributed by atoms with Crippen molar-refractivity contribution in [1.82, 2.24) is 20.8 Å². The fourth-order valence-corrected chi connectivity index (χ4v) is 2.13. The highest BCUT2D eigenvalue weighted by Gasteiger charge is 2.26. The predicted molar refractivity (Wildman–Crippen MR) is 68.1 cm³/mol. The van der Waals surface area contributed by atoms with Crippen LogP contribution in [0.2, 0.25) is 0 Å². The Bertz CT molecular complexity index is 482. The molecule has 0 saturated carbocycles. The maximum Gasteiger partial charge on any atom is 0.326 e. The molecule has 2 heterocycles. The van der Waals surface area contributed by atoms with E-state index in [1.165, 1.54) is 0 Å². The standard InChI is InChI=1S/C12H18N4O4/c1-2-4-8(12(18)19)14-10(17)9-15-11(20-16-9)7-5-3-6-13-7/h7-8,13H,2-6H2,1H3,(H,14,17)(H,18,19). The molecule has 1 amide bonds. The van der Waals surface area contributed by atoms with Gasteiger partial charge in [0.1, 0.15) is 6.04 Å². The molecule has 8 nitrogen and oxygen atoms in total. The van der Waals surface area contributed by atoms with Crippen molar-refractivity contribution < 1.29 is 19.2 Å². The molecule has 0 aliphatic carbocycles. The van der Waals surface area contributed by atoms with Crippen LogP contribution >= 0.6 is 0 Å². The lowest BCUT2D eigenvalue weighted by atomic mass is 10.1. The average molecular weight is 282 g/mol. The van der Waals surface area contributed by atoms with Gasteiger partial charge in [0.15, 0.2) is 0 Å². The van der Waals surface area contributed by atoms with Gasteiger partial charge in [-0.1, -0.05) is 18.5 Å². The summed E-state index contributed by atoms with van der Waals surface area (Å²) in [7, 11) is 0. The fraction of sp³-hybridized carbons (Fsp3) is 0.667. The number of hydrogen-bond donors (Lipinski definition) is 3. The molecule has 0 bridgehead atoms. The number of rotatable bonds is 6. The Hall–Kier alpha value is -1.96. The number of carboxylic acid groups (broad SMARTS) is 1. The highest BCUT2D eigenvalue weighted by molar-refractivity contribution is 5.93. The normalized spacial score (nSPS) is 19.8. The topological polar surface area (TPSA) is 117 Å². The van der Waals surface area contributed by atoms with E-state index in [1.54, 1.807) is 0 Å². The molecule has 1 aliphatic rings. The summed E-state index contributed by atoms with van der Waals surface area (Å²) < 4.78 is 5.04. The maximum absolute atomic E-state index is 11.9. The van der Waals surface area contributed by atoms with E-state index < -0.39 is 17.9 Å². The van der Waals surface area contributed by atoms with Crippen molar-refractivity contribution in [3.8, 4) is 0 Å². The van der Waals surface area contributed by atoms with Gasteiger partial charge in [-0.25, -0.2) is 4.79 Å². The third-order valence-corrected chi connectivity index (χ3v) is 3.18. The summed E-state index contributed by atoms with van der Waals surface area (Å²) in [5.41, 5.74) is 0. The molecule has 20 heavy (non-hydrogen) atoms. The van der Waals surface area contributed by atoms with Crippen molar-refractivity contribution in [2.45, 2.75) is 44.7 Å². The van der Waals surface area contributed by atoms with Crippen LogP contribution in [-0.2, 0) is 4.79 Å². The Labute approximate surface area is 115 Å². The summed E-state index contributed by atoms with van der Waals surface area (Å²) in [6, 6.07) is -0.950. The number of amides is 1.